The van der Waals surface area contributed by atoms with E-state index in [2.05, 4.69) is 23.2 Å². The number of nitrogens with zero attached hydrogens (tertiary/aromatic N) is 1. The summed E-state index contributed by atoms with van der Waals surface area (Å²) in [6, 6.07) is 6.48. The van der Waals surface area contributed by atoms with Gasteiger partial charge in [-0.15, -0.1) is 0 Å². The van der Waals surface area contributed by atoms with Crippen molar-refractivity contribution in [1.82, 2.24) is 10.2 Å². The lowest BCUT2D eigenvalue weighted by Crippen LogP contribution is -2.46. The lowest BCUT2D eigenvalue weighted by molar-refractivity contribution is -0.121. The van der Waals surface area contributed by atoms with E-state index in [4.69, 9.17) is 17.3 Å². The summed E-state index contributed by atoms with van der Waals surface area (Å²) in [5.74, 6) is 0.0516. The van der Waals surface area contributed by atoms with Gasteiger partial charge in [0.25, 0.3) is 0 Å². The first kappa shape index (κ1) is 17.3. The van der Waals surface area contributed by atoms with Gasteiger partial charge in [0.05, 0.1) is 0 Å². The third-order valence-corrected chi connectivity index (χ3v) is 4.57. The molecule has 1 aliphatic heterocycles. The van der Waals surface area contributed by atoms with Crippen molar-refractivity contribution in [3.63, 3.8) is 0 Å². The molecule has 0 saturated carbocycles. The van der Waals surface area contributed by atoms with E-state index in [0.717, 1.165) is 24.5 Å². The van der Waals surface area contributed by atoms with Gasteiger partial charge < -0.3 is 11.1 Å². The Balaban J connectivity index is 1.95. The second-order valence-electron chi connectivity index (χ2n) is 6.03. The van der Waals surface area contributed by atoms with Crippen LogP contribution in [0.4, 0.5) is 0 Å². The summed E-state index contributed by atoms with van der Waals surface area (Å²) in [5.41, 5.74) is 7.95. The van der Waals surface area contributed by atoms with Gasteiger partial charge in [0.1, 0.15) is 0 Å². The van der Waals surface area contributed by atoms with Gasteiger partial charge in [0.15, 0.2) is 0 Å². The Morgan fingerprint density at radius 1 is 1.45 bits per heavy atom. The lowest BCUT2D eigenvalue weighted by Gasteiger charge is -2.36. The van der Waals surface area contributed by atoms with E-state index in [9.17, 15) is 4.79 Å². The van der Waals surface area contributed by atoms with Gasteiger partial charge in [-0.25, -0.2) is 0 Å². The van der Waals surface area contributed by atoms with E-state index < -0.39 is 0 Å². The van der Waals surface area contributed by atoms with Gasteiger partial charge in [-0.05, 0) is 49.6 Å². The van der Waals surface area contributed by atoms with Gasteiger partial charge >= 0.3 is 0 Å². The van der Waals surface area contributed by atoms with Crippen LogP contribution in [-0.4, -0.2) is 36.5 Å². The molecular weight excluding hydrogens is 298 g/mol. The molecule has 1 aromatic rings. The third-order valence-electron chi connectivity index (χ3n) is 4.33. The minimum Gasteiger partial charge on any atom is -0.354 e. The number of nitrogens with two attached hydrogens (primary N) is 1. The summed E-state index contributed by atoms with van der Waals surface area (Å²) < 4.78 is 0. The molecule has 1 unspecified atom stereocenters. The number of likely N-dealkylation sites (tertiary alicyclic amines) is 1. The van der Waals surface area contributed by atoms with Crippen molar-refractivity contribution in [2.24, 2.45) is 5.73 Å². The number of rotatable bonds is 6. The van der Waals surface area contributed by atoms with E-state index in [1.807, 2.05) is 12.1 Å². The van der Waals surface area contributed by atoms with Crippen molar-refractivity contribution in [3.8, 4) is 0 Å². The Bertz CT molecular complexity index is 507. The summed E-state index contributed by atoms with van der Waals surface area (Å²) in [5, 5.41) is 3.79. The molecule has 5 heteroatoms. The SMILES string of the molecule is Cc1cc(Cl)ccc1CN1CCCCC1CNC(=O)CCN. The van der Waals surface area contributed by atoms with E-state index in [0.29, 0.717) is 25.6 Å². The quantitative estimate of drug-likeness (QED) is 0.845. The number of nitrogens with one attached hydrogen (secondary N) is 1. The molecule has 0 spiro atoms. The van der Waals surface area contributed by atoms with Crippen LogP contribution < -0.4 is 11.1 Å². The zero-order valence-corrected chi connectivity index (χ0v) is 14.0. The molecule has 0 aromatic heterocycles. The molecule has 0 aliphatic carbocycles. The van der Waals surface area contributed by atoms with Crippen LogP contribution in [0, 0.1) is 6.92 Å². The fraction of sp³-hybridized carbons (Fsp3) is 0.588. The highest BCUT2D eigenvalue weighted by atomic mass is 35.5. The summed E-state index contributed by atoms with van der Waals surface area (Å²) in [6.07, 6.45) is 3.99. The van der Waals surface area contributed by atoms with Crippen LogP contribution in [0.25, 0.3) is 0 Å². The van der Waals surface area contributed by atoms with Gasteiger partial charge in [-0.2, -0.15) is 0 Å². The van der Waals surface area contributed by atoms with Crippen LogP contribution in [0.5, 0.6) is 0 Å². The maximum atomic E-state index is 11.6. The zero-order valence-electron chi connectivity index (χ0n) is 13.3. The Morgan fingerprint density at radius 3 is 3.00 bits per heavy atom. The van der Waals surface area contributed by atoms with Crippen LogP contribution in [-0.2, 0) is 11.3 Å². The molecule has 1 amide bonds. The third kappa shape index (κ3) is 4.97. The first-order valence-electron chi connectivity index (χ1n) is 8.06. The standard InChI is InChI=1S/C17H26ClN3O/c1-13-10-15(18)6-5-14(13)12-21-9-3-2-4-16(21)11-20-17(22)7-8-19/h5-6,10,16H,2-4,7-9,11-12,19H2,1H3,(H,20,22). The van der Waals surface area contributed by atoms with Crippen LogP contribution in [0.15, 0.2) is 18.2 Å². The predicted molar refractivity (Wildman–Crippen MR) is 90.9 cm³/mol. The smallest absolute Gasteiger partial charge is 0.221 e. The molecule has 1 aliphatic rings. The van der Waals surface area contributed by atoms with Gasteiger partial charge in [-0.3, -0.25) is 9.69 Å². The molecule has 1 aromatic carbocycles. The monoisotopic (exact) mass is 323 g/mol. The average Bonchev–Trinajstić information content (AvgIpc) is 2.49. The first-order valence-corrected chi connectivity index (χ1v) is 8.44. The summed E-state index contributed by atoms with van der Waals surface area (Å²) in [6.45, 7) is 5.22. The number of carbonyl (C=O) groups is 1. The highest BCUT2D eigenvalue weighted by Crippen LogP contribution is 2.22. The average molecular weight is 324 g/mol. The molecular formula is C17H26ClN3O. The van der Waals surface area contributed by atoms with Crippen molar-refractivity contribution in [2.75, 3.05) is 19.6 Å². The molecule has 0 radical (unpaired) electrons. The number of piperidine rings is 1. The summed E-state index contributed by atoms with van der Waals surface area (Å²) in [4.78, 5) is 14.1. The topological polar surface area (TPSA) is 58.4 Å². The molecule has 1 heterocycles. The highest BCUT2D eigenvalue weighted by Gasteiger charge is 2.23. The van der Waals surface area contributed by atoms with Gasteiger partial charge in [0.2, 0.25) is 5.91 Å². The van der Waals surface area contributed by atoms with Crippen molar-refractivity contribution >= 4 is 17.5 Å². The molecule has 1 fully saturated rings. The second-order valence-corrected chi connectivity index (χ2v) is 6.47. The minimum absolute atomic E-state index is 0.0516. The molecule has 1 atom stereocenters. The molecule has 2 rings (SSSR count). The summed E-state index contributed by atoms with van der Waals surface area (Å²) in [7, 11) is 0. The Morgan fingerprint density at radius 2 is 2.27 bits per heavy atom. The largest absolute Gasteiger partial charge is 0.354 e. The van der Waals surface area contributed by atoms with Crippen molar-refractivity contribution in [3.05, 3.63) is 34.3 Å². The predicted octanol–water partition coefficient (Wildman–Crippen LogP) is 2.47. The van der Waals surface area contributed by atoms with Crippen LogP contribution >= 0.6 is 11.6 Å². The van der Waals surface area contributed by atoms with Crippen molar-refractivity contribution in [2.45, 2.75) is 45.2 Å². The number of aryl methyl sites for hydroxylation is 1. The van der Waals surface area contributed by atoms with Gasteiger partial charge in [0, 0.05) is 37.1 Å². The molecule has 122 valence electrons. The number of amides is 1. The van der Waals surface area contributed by atoms with E-state index in [1.165, 1.54) is 24.0 Å². The van der Waals surface area contributed by atoms with E-state index >= 15 is 0 Å². The zero-order chi connectivity index (χ0) is 15.9. The minimum atomic E-state index is 0.0516. The molecule has 4 nitrogen and oxygen atoms in total. The Labute approximate surface area is 138 Å². The highest BCUT2D eigenvalue weighted by molar-refractivity contribution is 6.30. The number of hydrogen-bond acceptors (Lipinski definition) is 3. The fourth-order valence-corrected chi connectivity index (χ4v) is 3.23. The number of hydrogen-bond donors (Lipinski definition) is 2. The fourth-order valence-electron chi connectivity index (χ4n) is 3.01. The lowest BCUT2D eigenvalue weighted by atomic mass is 10.00. The van der Waals surface area contributed by atoms with Crippen LogP contribution in [0.3, 0.4) is 0 Å². The molecule has 3 N–H and O–H groups in total. The Kier molecular flexibility index (Phi) is 6.68. The number of benzene rings is 1. The van der Waals surface area contributed by atoms with Crippen molar-refractivity contribution in [1.29, 1.82) is 0 Å². The maximum absolute atomic E-state index is 11.6. The molecule has 1 saturated heterocycles. The molecule has 22 heavy (non-hydrogen) atoms. The number of halogens is 1. The normalized spacial score (nSPS) is 19.1. The summed E-state index contributed by atoms with van der Waals surface area (Å²) >= 11 is 6.03. The van der Waals surface area contributed by atoms with Gasteiger partial charge in [-0.1, -0.05) is 24.1 Å². The second kappa shape index (κ2) is 8.51. The van der Waals surface area contributed by atoms with Crippen LogP contribution in [0.1, 0.15) is 36.8 Å². The maximum Gasteiger partial charge on any atom is 0.221 e. The number of carbonyl (C=O) groups excluding carboxylic acids is 1. The molecule has 0 bridgehead atoms. The first-order chi connectivity index (χ1) is 10.6. The Hall–Kier alpha value is -1.10. The van der Waals surface area contributed by atoms with Crippen molar-refractivity contribution < 1.29 is 4.79 Å². The van der Waals surface area contributed by atoms with Crippen LogP contribution in [0.2, 0.25) is 5.02 Å². The van der Waals surface area contributed by atoms with E-state index in [-0.39, 0.29) is 5.91 Å². The van der Waals surface area contributed by atoms with E-state index in [1.54, 1.807) is 0 Å².